The molecule has 174 valence electrons. The van der Waals surface area contributed by atoms with Crippen molar-refractivity contribution in [3.8, 4) is 0 Å². The Hall–Kier alpha value is -1.72. The fraction of sp³-hybridized carbons (Fsp3) is 0.833. The standard InChI is InChI=1S/C24H42O6/c1-3-5-7-9-11-13-15-17-21(25)29-23(27)19-20-24(28)30-22(26)18-16-14-12-10-8-6-4-2/h3-20H2,1-2H3. The molecule has 0 unspecified atom stereocenters. The fourth-order valence-electron chi connectivity index (χ4n) is 3.12. The third kappa shape index (κ3) is 19.6. The number of unbranched alkanes of at least 4 members (excludes halogenated alkanes) is 12. The third-order valence-electron chi connectivity index (χ3n) is 4.96. The van der Waals surface area contributed by atoms with Crippen LogP contribution in [-0.2, 0) is 28.7 Å². The van der Waals surface area contributed by atoms with E-state index in [1.54, 1.807) is 0 Å². The summed E-state index contributed by atoms with van der Waals surface area (Å²) in [4.78, 5) is 46.5. The van der Waals surface area contributed by atoms with E-state index in [9.17, 15) is 19.2 Å². The maximum absolute atomic E-state index is 11.6. The highest BCUT2D eigenvalue weighted by molar-refractivity contribution is 5.89. The van der Waals surface area contributed by atoms with Gasteiger partial charge in [0.25, 0.3) is 0 Å². The molecule has 0 radical (unpaired) electrons. The van der Waals surface area contributed by atoms with Crippen molar-refractivity contribution in [1.29, 1.82) is 0 Å². The average Bonchev–Trinajstić information content (AvgIpc) is 2.71. The van der Waals surface area contributed by atoms with Crippen LogP contribution in [-0.4, -0.2) is 23.9 Å². The summed E-state index contributed by atoms with van der Waals surface area (Å²) >= 11 is 0. The lowest BCUT2D eigenvalue weighted by Gasteiger charge is -2.05. The first kappa shape index (κ1) is 28.3. The minimum atomic E-state index is -0.751. The summed E-state index contributed by atoms with van der Waals surface area (Å²) in [5.41, 5.74) is 0. The Labute approximate surface area is 182 Å². The first-order valence-electron chi connectivity index (χ1n) is 12.0. The van der Waals surface area contributed by atoms with E-state index < -0.39 is 23.9 Å². The molecule has 0 heterocycles. The summed E-state index contributed by atoms with van der Waals surface area (Å²) in [6.07, 6.45) is 15.0. The first-order chi connectivity index (χ1) is 14.5. The summed E-state index contributed by atoms with van der Waals surface area (Å²) in [6.45, 7) is 4.34. The van der Waals surface area contributed by atoms with Gasteiger partial charge < -0.3 is 9.47 Å². The van der Waals surface area contributed by atoms with Crippen molar-refractivity contribution in [3.63, 3.8) is 0 Å². The normalized spacial score (nSPS) is 10.6. The molecule has 0 aromatic heterocycles. The van der Waals surface area contributed by atoms with Crippen LogP contribution in [0, 0.1) is 0 Å². The van der Waals surface area contributed by atoms with Gasteiger partial charge in [0.05, 0.1) is 12.8 Å². The van der Waals surface area contributed by atoms with E-state index in [0.717, 1.165) is 25.7 Å². The van der Waals surface area contributed by atoms with Crippen LogP contribution in [0.2, 0.25) is 0 Å². The van der Waals surface area contributed by atoms with E-state index in [0.29, 0.717) is 12.8 Å². The summed E-state index contributed by atoms with van der Waals surface area (Å²) in [5.74, 6) is -2.62. The molecule has 0 amide bonds. The zero-order valence-corrected chi connectivity index (χ0v) is 19.2. The van der Waals surface area contributed by atoms with Gasteiger partial charge in [-0.2, -0.15) is 0 Å². The lowest BCUT2D eigenvalue weighted by molar-refractivity contribution is -0.165. The Kier molecular flexibility index (Phi) is 19.4. The molecule has 0 aromatic rings. The number of carbonyl (C=O) groups is 4. The topological polar surface area (TPSA) is 86.7 Å². The first-order valence-corrected chi connectivity index (χ1v) is 12.0. The van der Waals surface area contributed by atoms with Crippen molar-refractivity contribution in [2.75, 3.05) is 0 Å². The molecule has 0 aliphatic rings. The van der Waals surface area contributed by atoms with Crippen LogP contribution >= 0.6 is 0 Å². The second-order valence-electron chi connectivity index (χ2n) is 7.93. The molecule has 0 aliphatic heterocycles. The molecular weight excluding hydrogens is 384 g/mol. The van der Waals surface area contributed by atoms with Gasteiger partial charge in [0.2, 0.25) is 0 Å². The molecule has 0 N–H and O–H groups in total. The Bertz CT molecular complexity index is 442. The monoisotopic (exact) mass is 426 g/mol. The van der Waals surface area contributed by atoms with Crippen molar-refractivity contribution in [3.05, 3.63) is 0 Å². The Balaban J connectivity index is 3.66. The molecule has 0 atom stereocenters. The minimum absolute atomic E-state index is 0.209. The van der Waals surface area contributed by atoms with E-state index in [1.165, 1.54) is 51.4 Å². The van der Waals surface area contributed by atoms with Gasteiger partial charge in [-0.15, -0.1) is 0 Å². The van der Waals surface area contributed by atoms with Gasteiger partial charge in [0, 0.05) is 12.8 Å². The molecule has 0 aromatic carbocycles. The van der Waals surface area contributed by atoms with Crippen LogP contribution in [0.1, 0.15) is 129 Å². The van der Waals surface area contributed by atoms with Crippen molar-refractivity contribution < 1.29 is 28.7 Å². The number of rotatable bonds is 19. The Morgan fingerprint density at radius 1 is 0.400 bits per heavy atom. The molecule has 6 heteroatoms. The number of hydrogen-bond donors (Lipinski definition) is 0. The van der Waals surface area contributed by atoms with Gasteiger partial charge in [-0.25, -0.2) is 0 Å². The average molecular weight is 427 g/mol. The predicted molar refractivity (Wildman–Crippen MR) is 117 cm³/mol. The van der Waals surface area contributed by atoms with E-state index in [4.69, 9.17) is 9.47 Å². The highest BCUT2D eigenvalue weighted by atomic mass is 16.6. The molecule has 0 bridgehead atoms. The summed E-state index contributed by atoms with van der Waals surface area (Å²) < 4.78 is 9.40. The molecule has 0 fully saturated rings. The van der Waals surface area contributed by atoms with Crippen molar-refractivity contribution >= 4 is 23.9 Å². The second-order valence-corrected chi connectivity index (χ2v) is 7.93. The van der Waals surface area contributed by atoms with E-state index in [1.807, 2.05) is 0 Å². The van der Waals surface area contributed by atoms with Crippen LogP contribution in [0.4, 0.5) is 0 Å². The Morgan fingerprint density at radius 2 is 0.667 bits per heavy atom. The summed E-state index contributed by atoms with van der Waals surface area (Å²) in [7, 11) is 0. The smallest absolute Gasteiger partial charge is 0.314 e. The van der Waals surface area contributed by atoms with Gasteiger partial charge >= 0.3 is 23.9 Å². The van der Waals surface area contributed by atoms with Gasteiger partial charge in [-0.1, -0.05) is 90.9 Å². The molecule has 0 saturated heterocycles. The molecule has 0 aliphatic carbocycles. The van der Waals surface area contributed by atoms with Crippen molar-refractivity contribution in [2.45, 2.75) is 129 Å². The van der Waals surface area contributed by atoms with Crippen LogP contribution in [0.15, 0.2) is 0 Å². The second kappa shape index (κ2) is 20.5. The highest BCUT2D eigenvalue weighted by Gasteiger charge is 2.15. The lowest BCUT2D eigenvalue weighted by atomic mass is 10.1. The zero-order valence-electron chi connectivity index (χ0n) is 19.2. The van der Waals surface area contributed by atoms with E-state index in [-0.39, 0.29) is 25.7 Å². The van der Waals surface area contributed by atoms with Gasteiger partial charge in [0.15, 0.2) is 0 Å². The summed E-state index contributed by atoms with van der Waals surface area (Å²) in [5, 5.41) is 0. The van der Waals surface area contributed by atoms with Crippen LogP contribution in [0.5, 0.6) is 0 Å². The fourth-order valence-corrected chi connectivity index (χ4v) is 3.12. The SMILES string of the molecule is CCCCCCCCCC(=O)OC(=O)CCC(=O)OC(=O)CCCCCCCCC. The maximum atomic E-state index is 11.6. The predicted octanol–water partition coefficient (Wildman–Crippen LogP) is 6.19. The van der Waals surface area contributed by atoms with Crippen molar-refractivity contribution in [1.82, 2.24) is 0 Å². The van der Waals surface area contributed by atoms with Crippen LogP contribution < -0.4 is 0 Å². The van der Waals surface area contributed by atoms with E-state index >= 15 is 0 Å². The number of ether oxygens (including phenoxy) is 2. The molecule has 0 saturated carbocycles. The van der Waals surface area contributed by atoms with Crippen LogP contribution in [0.3, 0.4) is 0 Å². The van der Waals surface area contributed by atoms with Gasteiger partial charge in [-0.3, -0.25) is 19.2 Å². The summed E-state index contributed by atoms with van der Waals surface area (Å²) in [6, 6.07) is 0. The molecular formula is C24H42O6. The highest BCUT2D eigenvalue weighted by Crippen LogP contribution is 2.10. The van der Waals surface area contributed by atoms with Gasteiger partial charge in [-0.05, 0) is 12.8 Å². The zero-order chi connectivity index (χ0) is 22.5. The van der Waals surface area contributed by atoms with Crippen LogP contribution in [0.25, 0.3) is 0 Å². The van der Waals surface area contributed by atoms with Crippen molar-refractivity contribution in [2.24, 2.45) is 0 Å². The number of hydrogen-bond acceptors (Lipinski definition) is 6. The van der Waals surface area contributed by atoms with Gasteiger partial charge in [0.1, 0.15) is 0 Å². The van der Waals surface area contributed by atoms with E-state index in [2.05, 4.69) is 13.8 Å². The quantitative estimate of drug-likeness (QED) is 0.139. The largest absolute Gasteiger partial charge is 0.393 e. The number of esters is 4. The minimum Gasteiger partial charge on any atom is -0.393 e. The lowest BCUT2D eigenvalue weighted by Crippen LogP contribution is -2.16. The third-order valence-corrected chi connectivity index (χ3v) is 4.96. The Morgan fingerprint density at radius 3 is 1.00 bits per heavy atom. The molecule has 30 heavy (non-hydrogen) atoms. The molecule has 0 spiro atoms. The number of carbonyl (C=O) groups excluding carboxylic acids is 4. The maximum Gasteiger partial charge on any atom is 0.314 e. The molecule has 0 rings (SSSR count). The molecule has 6 nitrogen and oxygen atoms in total.